The second-order valence-corrected chi connectivity index (χ2v) is 6.04. The van der Waals surface area contributed by atoms with Gasteiger partial charge in [0.2, 0.25) is 0 Å². The normalized spacial score (nSPS) is 23.3. The first-order valence-electron chi connectivity index (χ1n) is 6.89. The molecule has 1 aromatic heterocycles. The molecular formula is C16H20N2O. The standard InChI is InChI=1S/C16H20N2O/c1-16(2)8-4-3-7-14(16)15(19)13(10-17)12-6-5-9-18-11-12/h5-6,9,11,13-14H,3-4,7-8H2,1-2H3. The molecule has 2 unspecified atom stereocenters. The lowest BCUT2D eigenvalue weighted by molar-refractivity contribution is -0.128. The van der Waals surface area contributed by atoms with Gasteiger partial charge in [0.25, 0.3) is 0 Å². The maximum absolute atomic E-state index is 12.7. The number of hydrogen-bond donors (Lipinski definition) is 0. The van der Waals surface area contributed by atoms with Crippen molar-refractivity contribution in [2.45, 2.75) is 45.4 Å². The zero-order valence-electron chi connectivity index (χ0n) is 11.6. The lowest BCUT2D eigenvalue weighted by Gasteiger charge is -2.38. The Balaban J connectivity index is 2.25. The maximum Gasteiger partial charge on any atom is 0.158 e. The van der Waals surface area contributed by atoms with Crippen molar-refractivity contribution < 1.29 is 4.79 Å². The molecule has 0 N–H and O–H groups in total. The van der Waals surface area contributed by atoms with E-state index in [2.05, 4.69) is 24.9 Å². The number of ketones is 1. The third kappa shape index (κ3) is 2.84. The van der Waals surface area contributed by atoms with Crippen molar-refractivity contribution in [3.63, 3.8) is 0 Å². The summed E-state index contributed by atoms with van der Waals surface area (Å²) >= 11 is 0. The largest absolute Gasteiger partial charge is 0.298 e. The van der Waals surface area contributed by atoms with Crippen molar-refractivity contribution in [1.82, 2.24) is 4.98 Å². The van der Waals surface area contributed by atoms with Crippen LogP contribution in [0.15, 0.2) is 24.5 Å². The molecule has 3 nitrogen and oxygen atoms in total. The second-order valence-electron chi connectivity index (χ2n) is 6.04. The molecule has 0 bridgehead atoms. The molecule has 3 heteroatoms. The molecule has 0 spiro atoms. The van der Waals surface area contributed by atoms with Crippen LogP contribution in [0.2, 0.25) is 0 Å². The predicted octanol–water partition coefficient (Wildman–Crippen LogP) is 3.47. The molecule has 100 valence electrons. The maximum atomic E-state index is 12.7. The third-order valence-corrected chi connectivity index (χ3v) is 4.28. The minimum Gasteiger partial charge on any atom is -0.298 e. The summed E-state index contributed by atoms with van der Waals surface area (Å²) in [5.41, 5.74) is 0.725. The van der Waals surface area contributed by atoms with Crippen LogP contribution in [0.1, 0.15) is 51.0 Å². The Morgan fingerprint density at radius 3 is 2.89 bits per heavy atom. The van der Waals surface area contributed by atoms with Crippen molar-refractivity contribution in [3.8, 4) is 6.07 Å². The third-order valence-electron chi connectivity index (χ3n) is 4.28. The van der Waals surface area contributed by atoms with Crippen LogP contribution in [0.25, 0.3) is 0 Å². The first kappa shape index (κ1) is 13.7. The van der Waals surface area contributed by atoms with Crippen molar-refractivity contribution in [3.05, 3.63) is 30.1 Å². The van der Waals surface area contributed by atoms with Crippen molar-refractivity contribution in [2.24, 2.45) is 11.3 Å². The van der Waals surface area contributed by atoms with Crippen LogP contribution in [0.5, 0.6) is 0 Å². The van der Waals surface area contributed by atoms with Gasteiger partial charge >= 0.3 is 0 Å². The molecule has 1 fully saturated rings. The Bertz CT molecular complexity index is 487. The SMILES string of the molecule is CC1(C)CCCCC1C(=O)C(C#N)c1cccnc1. The number of rotatable bonds is 3. The molecule has 1 saturated carbocycles. The van der Waals surface area contributed by atoms with Gasteiger partial charge in [-0.25, -0.2) is 0 Å². The highest BCUT2D eigenvalue weighted by Gasteiger charge is 2.40. The Kier molecular flexibility index (Phi) is 3.99. The second kappa shape index (κ2) is 5.52. The first-order chi connectivity index (χ1) is 9.06. The highest BCUT2D eigenvalue weighted by molar-refractivity contribution is 5.90. The Hall–Kier alpha value is -1.69. The van der Waals surface area contributed by atoms with Gasteiger partial charge in [0.1, 0.15) is 5.92 Å². The number of carbonyl (C=O) groups excluding carboxylic acids is 1. The van der Waals surface area contributed by atoms with Gasteiger partial charge in [-0.3, -0.25) is 9.78 Å². The summed E-state index contributed by atoms with van der Waals surface area (Å²) in [6.07, 6.45) is 7.53. The van der Waals surface area contributed by atoms with Crippen LogP contribution < -0.4 is 0 Å². The molecule has 0 aromatic carbocycles. The number of hydrogen-bond acceptors (Lipinski definition) is 3. The van der Waals surface area contributed by atoms with Gasteiger partial charge in [-0.2, -0.15) is 5.26 Å². The minimum absolute atomic E-state index is 0.00659. The van der Waals surface area contributed by atoms with Gasteiger partial charge in [-0.05, 0) is 29.9 Å². The van der Waals surface area contributed by atoms with E-state index in [1.807, 2.05) is 6.07 Å². The van der Waals surface area contributed by atoms with Gasteiger partial charge in [0.15, 0.2) is 5.78 Å². The highest BCUT2D eigenvalue weighted by Crippen LogP contribution is 2.43. The topological polar surface area (TPSA) is 53.8 Å². The van der Waals surface area contributed by atoms with E-state index in [0.29, 0.717) is 0 Å². The Labute approximate surface area is 114 Å². The fourth-order valence-corrected chi connectivity index (χ4v) is 3.07. The minimum atomic E-state index is -0.670. The molecule has 1 aromatic rings. The Morgan fingerprint density at radius 2 is 2.32 bits per heavy atom. The lowest BCUT2D eigenvalue weighted by Crippen LogP contribution is -2.36. The molecule has 1 aliphatic rings. The van der Waals surface area contributed by atoms with E-state index in [0.717, 1.165) is 24.8 Å². The van der Waals surface area contributed by atoms with Gasteiger partial charge < -0.3 is 0 Å². The lowest BCUT2D eigenvalue weighted by atomic mass is 9.65. The van der Waals surface area contributed by atoms with Crippen LogP contribution in [0, 0.1) is 22.7 Å². The molecule has 0 radical (unpaired) electrons. The zero-order chi connectivity index (χ0) is 13.9. The highest BCUT2D eigenvalue weighted by atomic mass is 16.1. The molecule has 0 amide bonds. The number of carbonyl (C=O) groups is 1. The smallest absolute Gasteiger partial charge is 0.158 e. The monoisotopic (exact) mass is 256 g/mol. The van der Waals surface area contributed by atoms with Crippen LogP contribution >= 0.6 is 0 Å². The Morgan fingerprint density at radius 1 is 1.53 bits per heavy atom. The summed E-state index contributed by atoms with van der Waals surface area (Å²) < 4.78 is 0. The molecule has 2 rings (SSSR count). The average molecular weight is 256 g/mol. The van der Waals surface area contributed by atoms with Gasteiger partial charge in [-0.1, -0.05) is 32.8 Å². The fourth-order valence-electron chi connectivity index (χ4n) is 3.07. The molecule has 19 heavy (non-hydrogen) atoms. The van der Waals surface area contributed by atoms with Crippen molar-refractivity contribution >= 4 is 5.78 Å². The first-order valence-corrected chi connectivity index (χ1v) is 6.89. The summed E-state index contributed by atoms with van der Waals surface area (Å²) in [6, 6.07) is 5.75. The number of nitrogens with zero attached hydrogens (tertiary/aromatic N) is 2. The molecule has 1 aliphatic carbocycles. The molecule has 1 heterocycles. The van der Waals surface area contributed by atoms with Gasteiger partial charge in [0, 0.05) is 18.3 Å². The van der Waals surface area contributed by atoms with Crippen LogP contribution in [0.3, 0.4) is 0 Å². The molecule has 2 atom stereocenters. The predicted molar refractivity (Wildman–Crippen MR) is 73.3 cm³/mol. The fraction of sp³-hybridized carbons (Fsp3) is 0.562. The van der Waals surface area contributed by atoms with E-state index >= 15 is 0 Å². The summed E-state index contributed by atoms with van der Waals surface area (Å²) in [5, 5.41) is 9.35. The number of pyridine rings is 1. The van der Waals surface area contributed by atoms with Crippen LogP contribution in [0.4, 0.5) is 0 Å². The van der Waals surface area contributed by atoms with Gasteiger partial charge in [0.05, 0.1) is 6.07 Å². The molecular weight excluding hydrogens is 236 g/mol. The van der Waals surface area contributed by atoms with E-state index in [1.54, 1.807) is 18.5 Å². The number of nitriles is 1. The van der Waals surface area contributed by atoms with E-state index < -0.39 is 5.92 Å². The molecule has 0 saturated heterocycles. The summed E-state index contributed by atoms with van der Waals surface area (Å²) in [5.74, 6) is -0.609. The van der Waals surface area contributed by atoms with E-state index in [1.165, 1.54) is 6.42 Å². The van der Waals surface area contributed by atoms with Crippen LogP contribution in [-0.4, -0.2) is 10.8 Å². The molecule has 0 aliphatic heterocycles. The average Bonchev–Trinajstić information content (AvgIpc) is 2.40. The van der Waals surface area contributed by atoms with Crippen molar-refractivity contribution in [2.75, 3.05) is 0 Å². The van der Waals surface area contributed by atoms with Crippen LogP contribution in [-0.2, 0) is 4.79 Å². The summed E-state index contributed by atoms with van der Waals surface area (Å²) in [4.78, 5) is 16.7. The summed E-state index contributed by atoms with van der Waals surface area (Å²) in [6.45, 7) is 4.29. The summed E-state index contributed by atoms with van der Waals surface area (Å²) in [7, 11) is 0. The van der Waals surface area contributed by atoms with E-state index in [-0.39, 0.29) is 17.1 Å². The number of aromatic nitrogens is 1. The van der Waals surface area contributed by atoms with Gasteiger partial charge in [-0.15, -0.1) is 0 Å². The van der Waals surface area contributed by atoms with E-state index in [4.69, 9.17) is 0 Å². The zero-order valence-corrected chi connectivity index (χ0v) is 11.6. The number of Topliss-reactive ketones (excluding diaryl/α,β-unsaturated/α-hetero) is 1. The van der Waals surface area contributed by atoms with E-state index in [9.17, 15) is 10.1 Å². The quantitative estimate of drug-likeness (QED) is 0.832. The van der Waals surface area contributed by atoms with Crippen molar-refractivity contribution in [1.29, 1.82) is 5.26 Å².